The van der Waals surface area contributed by atoms with E-state index in [4.69, 9.17) is 9.47 Å². The molecule has 0 aliphatic carbocycles. The lowest BCUT2D eigenvalue weighted by Gasteiger charge is -2.21. The number of rotatable bonds is 1. The van der Waals surface area contributed by atoms with Crippen LogP contribution in [0.5, 0.6) is 23.0 Å². The molecule has 1 heterocycles. The van der Waals surface area contributed by atoms with E-state index in [1.807, 2.05) is 18.2 Å². The molecule has 0 bridgehead atoms. The Balaban J connectivity index is 2.10. The Morgan fingerprint density at radius 3 is 2.33 bits per heavy atom. The van der Waals surface area contributed by atoms with Crippen LogP contribution in [0.1, 0.15) is 10.4 Å². The summed E-state index contributed by atoms with van der Waals surface area (Å²) in [5.41, 5.74) is 0.463. The Morgan fingerprint density at radius 1 is 0.944 bits per heavy atom. The molecule has 4 heteroatoms. The standard InChI is InChI=1S/C14H11NO3/c1-15-14(16)9-5-4-8-12-13(9)18-11-7-3-2-6-10(11)17-12/h2-8H,1H3,(H,15,16). The zero-order chi connectivity index (χ0) is 12.5. The highest BCUT2D eigenvalue weighted by Gasteiger charge is 2.23. The highest BCUT2D eigenvalue weighted by atomic mass is 16.6. The van der Waals surface area contributed by atoms with Crippen LogP contribution in [0.25, 0.3) is 0 Å². The van der Waals surface area contributed by atoms with E-state index in [1.54, 1.807) is 31.3 Å². The molecule has 0 saturated heterocycles. The summed E-state index contributed by atoms with van der Waals surface area (Å²) < 4.78 is 11.5. The van der Waals surface area contributed by atoms with Gasteiger partial charge < -0.3 is 14.8 Å². The van der Waals surface area contributed by atoms with E-state index in [0.717, 1.165) is 0 Å². The van der Waals surface area contributed by atoms with Gasteiger partial charge in [0.15, 0.2) is 23.0 Å². The molecular weight excluding hydrogens is 230 g/mol. The molecule has 0 unspecified atom stereocenters. The first kappa shape index (κ1) is 10.7. The predicted molar refractivity (Wildman–Crippen MR) is 66.4 cm³/mol. The maximum atomic E-state index is 11.8. The molecule has 0 fully saturated rings. The van der Waals surface area contributed by atoms with Crippen molar-refractivity contribution in [3.8, 4) is 23.0 Å². The van der Waals surface area contributed by atoms with Crippen molar-refractivity contribution in [2.24, 2.45) is 0 Å². The van der Waals surface area contributed by atoms with Gasteiger partial charge >= 0.3 is 0 Å². The Hall–Kier alpha value is -2.49. The van der Waals surface area contributed by atoms with Crippen molar-refractivity contribution in [3.63, 3.8) is 0 Å². The molecule has 2 aromatic carbocycles. The summed E-state index contributed by atoms with van der Waals surface area (Å²) in [6.45, 7) is 0. The van der Waals surface area contributed by atoms with Gasteiger partial charge in [-0.2, -0.15) is 0 Å². The van der Waals surface area contributed by atoms with Gasteiger partial charge in [0.05, 0.1) is 5.56 Å². The number of fused-ring (bicyclic) bond motifs is 2. The van der Waals surface area contributed by atoms with Crippen LogP contribution in [-0.4, -0.2) is 13.0 Å². The van der Waals surface area contributed by atoms with Gasteiger partial charge in [-0.25, -0.2) is 0 Å². The molecule has 1 aliphatic rings. The van der Waals surface area contributed by atoms with Gasteiger partial charge in [0.25, 0.3) is 5.91 Å². The molecule has 0 atom stereocenters. The number of para-hydroxylation sites is 3. The topological polar surface area (TPSA) is 47.6 Å². The molecule has 0 saturated carbocycles. The average molecular weight is 241 g/mol. The summed E-state index contributed by atoms with van der Waals surface area (Å²) in [5.74, 6) is 2.07. The van der Waals surface area contributed by atoms with Gasteiger partial charge in [0, 0.05) is 7.05 Å². The SMILES string of the molecule is CNC(=O)c1cccc2c1Oc1ccccc1O2. The van der Waals surface area contributed by atoms with E-state index in [2.05, 4.69) is 5.32 Å². The summed E-state index contributed by atoms with van der Waals surface area (Å²) in [5, 5.41) is 2.58. The summed E-state index contributed by atoms with van der Waals surface area (Å²) in [7, 11) is 1.58. The summed E-state index contributed by atoms with van der Waals surface area (Å²) in [6, 6.07) is 12.6. The normalized spacial score (nSPS) is 11.6. The lowest BCUT2D eigenvalue weighted by Crippen LogP contribution is -2.19. The second kappa shape index (κ2) is 4.07. The van der Waals surface area contributed by atoms with Crippen LogP contribution < -0.4 is 14.8 Å². The Kier molecular flexibility index (Phi) is 2.41. The first-order valence-electron chi connectivity index (χ1n) is 5.59. The van der Waals surface area contributed by atoms with E-state index in [0.29, 0.717) is 28.6 Å². The molecule has 90 valence electrons. The lowest BCUT2D eigenvalue weighted by atomic mass is 10.1. The third-order valence-electron chi connectivity index (χ3n) is 2.73. The van der Waals surface area contributed by atoms with Gasteiger partial charge in [-0.05, 0) is 24.3 Å². The lowest BCUT2D eigenvalue weighted by molar-refractivity contribution is 0.0960. The largest absolute Gasteiger partial charge is 0.449 e. The van der Waals surface area contributed by atoms with Crippen LogP contribution in [0.4, 0.5) is 0 Å². The average Bonchev–Trinajstić information content (AvgIpc) is 2.43. The van der Waals surface area contributed by atoms with Gasteiger partial charge in [-0.15, -0.1) is 0 Å². The minimum absolute atomic E-state index is 0.199. The van der Waals surface area contributed by atoms with Crippen molar-refractivity contribution in [1.82, 2.24) is 5.32 Å². The summed E-state index contributed by atoms with van der Waals surface area (Å²) in [6.07, 6.45) is 0. The number of amides is 1. The van der Waals surface area contributed by atoms with Crippen molar-refractivity contribution in [1.29, 1.82) is 0 Å². The maximum Gasteiger partial charge on any atom is 0.254 e. The van der Waals surface area contributed by atoms with Crippen LogP contribution >= 0.6 is 0 Å². The zero-order valence-corrected chi connectivity index (χ0v) is 9.77. The van der Waals surface area contributed by atoms with E-state index in [1.165, 1.54) is 0 Å². The second-order valence-corrected chi connectivity index (χ2v) is 3.86. The summed E-state index contributed by atoms with van der Waals surface area (Å²) in [4.78, 5) is 11.8. The number of hydrogen-bond acceptors (Lipinski definition) is 3. The molecule has 4 nitrogen and oxygen atoms in total. The van der Waals surface area contributed by atoms with Crippen molar-refractivity contribution in [3.05, 3.63) is 48.0 Å². The van der Waals surface area contributed by atoms with Crippen LogP contribution in [0.15, 0.2) is 42.5 Å². The second-order valence-electron chi connectivity index (χ2n) is 3.86. The highest BCUT2D eigenvalue weighted by molar-refractivity contribution is 5.98. The van der Waals surface area contributed by atoms with Crippen molar-refractivity contribution in [2.45, 2.75) is 0 Å². The Labute approximate surface area is 104 Å². The quantitative estimate of drug-likeness (QED) is 0.712. The van der Waals surface area contributed by atoms with Crippen LogP contribution in [0, 0.1) is 0 Å². The predicted octanol–water partition coefficient (Wildman–Crippen LogP) is 2.94. The molecule has 1 N–H and O–H groups in total. The molecular formula is C14H11NO3. The van der Waals surface area contributed by atoms with E-state index in [-0.39, 0.29) is 5.91 Å². The minimum atomic E-state index is -0.199. The van der Waals surface area contributed by atoms with Crippen molar-refractivity contribution in [2.75, 3.05) is 7.05 Å². The van der Waals surface area contributed by atoms with Gasteiger partial charge in [0.2, 0.25) is 0 Å². The van der Waals surface area contributed by atoms with Gasteiger partial charge in [0.1, 0.15) is 0 Å². The van der Waals surface area contributed by atoms with Crippen LogP contribution in [-0.2, 0) is 0 Å². The molecule has 2 aromatic rings. The molecule has 0 aromatic heterocycles. The molecule has 0 spiro atoms. The van der Waals surface area contributed by atoms with Crippen molar-refractivity contribution < 1.29 is 14.3 Å². The molecule has 1 aliphatic heterocycles. The fourth-order valence-electron chi connectivity index (χ4n) is 1.86. The molecule has 0 radical (unpaired) electrons. The van der Waals surface area contributed by atoms with E-state index in [9.17, 15) is 4.79 Å². The Morgan fingerprint density at radius 2 is 1.61 bits per heavy atom. The third kappa shape index (κ3) is 1.59. The van der Waals surface area contributed by atoms with Crippen LogP contribution in [0.2, 0.25) is 0 Å². The third-order valence-corrected chi connectivity index (χ3v) is 2.73. The number of ether oxygens (including phenoxy) is 2. The van der Waals surface area contributed by atoms with E-state index >= 15 is 0 Å². The first-order valence-corrected chi connectivity index (χ1v) is 5.59. The monoisotopic (exact) mass is 241 g/mol. The molecule has 3 rings (SSSR count). The van der Waals surface area contributed by atoms with Gasteiger partial charge in [-0.3, -0.25) is 4.79 Å². The number of nitrogens with one attached hydrogen (secondary N) is 1. The van der Waals surface area contributed by atoms with Crippen molar-refractivity contribution >= 4 is 5.91 Å². The maximum absolute atomic E-state index is 11.8. The number of carbonyl (C=O) groups excluding carboxylic acids is 1. The number of hydrogen-bond donors (Lipinski definition) is 1. The fourth-order valence-corrected chi connectivity index (χ4v) is 1.86. The first-order chi connectivity index (χ1) is 8.79. The number of benzene rings is 2. The van der Waals surface area contributed by atoms with Crippen LogP contribution in [0.3, 0.4) is 0 Å². The minimum Gasteiger partial charge on any atom is -0.449 e. The smallest absolute Gasteiger partial charge is 0.254 e. The fraction of sp³-hybridized carbons (Fsp3) is 0.0714. The Bertz CT molecular complexity index is 622. The van der Waals surface area contributed by atoms with Gasteiger partial charge in [-0.1, -0.05) is 18.2 Å². The summed E-state index contributed by atoms with van der Waals surface area (Å²) >= 11 is 0. The van der Waals surface area contributed by atoms with E-state index < -0.39 is 0 Å². The molecule has 1 amide bonds. The molecule has 18 heavy (non-hydrogen) atoms. The zero-order valence-electron chi connectivity index (χ0n) is 9.77. The highest BCUT2D eigenvalue weighted by Crippen LogP contribution is 2.46. The number of carbonyl (C=O) groups is 1.